The molecular weight excluding hydrogens is 228 g/mol. The highest BCUT2D eigenvalue weighted by atomic mass is 32.1. The molecule has 17 heavy (non-hydrogen) atoms. The Balaban J connectivity index is 2.91. The fourth-order valence-corrected chi connectivity index (χ4v) is 3.08. The van der Waals surface area contributed by atoms with Crippen LogP contribution in [-0.2, 0) is 0 Å². The zero-order valence-corrected chi connectivity index (χ0v) is 11.3. The average Bonchev–Trinajstić information content (AvgIpc) is 2.82. The fourth-order valence-electron chi connectivity index (χ4n) is 2.32. The van der Waals surface area contributed by atoms with Gasteiger partial charge in [0.25, 0.3) is 0 Å². The molecule has 0 amide bonds. The first-order chi connectivity index (χ1) is 8.26. The molecule has 3 heteroatoms. The molecule has 90 valence electrons. The number of nitriles is 2. The van der Waals surface area contributed by atoms with Gasteiger partial charge >= 0.3 is 0 Å². The summed E-state index contributed by atoms with van der Waals surface area (Å²) in [5.74, 6) is 0.851. The third-order valence-corrected chi connectivity index (χ3v) is 4.08. The van der Waals surface area contributed by atoms with Gasteiger partial charge in [0.05, 0.1) is 6.07 Å². The zero-order chi connectivity index (χ0) is 12.7. The van der Waals surface area contributed by atoms with Crippen LogP contribution in [0.3, 0.4) is 0 Å². The molecule has 2 unspecified atom stereocenters. The smallest absolute Gasteiger partial charge is 0.110 e. The Bertz CT molecular complexity index is 422. The van der Waals surface area contributed by atoms with Gasteiger partial charge in [0.2, 0.25) is 0 Å². The molecule has 0 bridgehead atoms. The van der Waals surface area contributed by atoms with Crippen molar-refractivity contribution >= 4 is 11.3 Å². The maximum atomic E-state index is 8.96. The number of hydrogen-bond donors (Lipinski definition) is 0. The summed E-state index contributed by atoms with van der Waals surface area (Å²) in [5.41, 5.74) is 1.17. The molecule has 1 heterocycles. The normalized spacial score (nSPS) is 13.6. The maximum absolute atomic E-state index is 8.96. The minimum absolute atomic E-state index is 0.295. The van der Waals surface area contributed by atoms with Gasteiger partial charge in [-0.3, -0.25) is 0 Å². The molecule has 0 aliphatic heterocycles. The Hall–Kier alpha value is -1.32. The van der Waals surface area contributed by atoms with Crippen LogP contribution in [0.5, 0.6) is 0 Å². The summed E-state index contributed by atoms with van der Waals surface area (Å²) in [5, 5.41) is 19.9. The van der Waals surface area contributed by atoms with Gasteiger partial charge in [-0.2, -0.15) is 10.5 Å². The van der Waals surface area contributed by atoms with E-state index in [1.54, 1.807) is 0 Å². The number of nitrogens with zero attached hydrogens (tertiary/aromatic N) is 2. The van der Waals surface area contributed by atoms with Crippen molar-refractivity contribution in [1.82, 2.24) is 0 Å². The van der Waals surface area contributed by atoms with E-state index < -0.39 is 0 Å². The van der Waals surface area contributed by atoms with Gasteiger partial charge in [-0.25, -0.2) is 0 Å². The van der Waals surface area contributed by atoms with Crippen molar-refractivity contribution in [2.45, 2.75) is 45.4 Å². The van der Waals surface area contributed by atoms with Crippen LogP contribution in [0.4, 0.5) is 0 Å². The van der Waals surface area contributed by atoms with Gasteiger partial charge in [0.1, 0.15) is 10.9 Å². The van der Waals surface area contributed by atoms with Gasteiger partial charge in [-0.15, -0.1) is 11.3 Å². The third kappa shape index (κ3) is 3.58. The highest BCUT2D eigenvalue weighted by molar-refractivity contribution is 7.10. The molecule has 1 aromatic rings. The van der Waals surface area contributed by atoms with E-state index in [4.69, 9.17) is 10.5 Å². The highest BCUT2D eigenvalue weighted by Gasteiger charge is 2.22. The van der Waals surface area contributed by atoms with Crippen molar-refractivity contribution in [1.29, 1.82) is 10.5 Å². The van der Waals surface area contributed by atoms with Gasteiger partial charge in [-0.05, 0) is 22.9 Å². The van der Waals surface area contributed by atoms with Gasteiger partial charge in [0, 0.05) is 12.3 Å². The Labute approximate surface area is 108 Å². The second-order valence-corrected chi connectivity index (χ2v) is 5.19. The molecule has 0 saturated heterocycles. The van der Waals surface area contributed by atoms with Crippen LogP contribution < -0.4 is 0 Å². The zero-order valence-electron chi connectivity index (χ0n) is 10.4. The Morgan fingerprint density at radius 2 is 2.12 bits per heavy atom. The first kappa shape index (κ1) is 13.7. The van der Waals surface area contributed by atoms with Gasteiger partial charge < -0.3 is 0 Å². The molecule has 0 aliphatic carbocycles. The minimum Gasteiger partial charge on any atom is -0.198 e. The maximum Gasteiger partial charge on any atom is 0.110 e. The molecule has 0 spiro atoms. The quantitative estimate of drug-likeness (QED) is 0.744. The van der Waals surface area contributed by atoms with E-state index in [1.165, 1.54) is 16.9 Å². The predicted octanol–water partition coefficient (Wildman–Crippen LogP) is 4.44. The summed E-state index contributed by atoms with van der Waals surface area (Å²) in [6.45, 7) is 4.36. The number of hydrogen-bond acceptors (Lipinski definition) is 3. The monoisotopic (exact) mass is 246 g/mol. The SMILES string of the molecule is CCCC(CC)C(CC#N)c1csc(C#N)c1. The summed E-state index contributed by atoms with van der Waals surface area (Å²) in [7, 11) is 0. The van der Waals surface area contributed by atoms with Crippen LogP contribution in [-0.4, -0.2) is 0 Å². The van der Waals surface area contributed by atoms with Gasteiger partial charge in [-0.1, -0.05) is 33.1 Å². The van der Waals surface area contributed by atoms with E-state index in [9.17, 15) is 0 Å². The van der Waals surface area contributed by atoms with E-state index >= 15 is 0 Å². The molecule has 1 aromatic heterocycles. The lowest BCUT2D eigenvalue weighted by molar-refractivity contribution is 0.383. The van der Waals surface area contributed by atoms with Crippen LogP contribution in [0, 0.1) is 28.6 Å². The summed E-state index contributed by atoms with van der Waals surface area (Å²) < 4.78 is 0. The van der Waals surface area contributed by atoms with E-state index in [0.29, 0.717) is 18.3 Å². The lowest BCUT2D eigenvalue weighted by Crippen LogP contribution is -2.11. The standard InChI is InChI=1S/C14H18N2S/c1-3-5-11(4-2)14(6-7-15)12-8-13(9-16)17-10-12/h8,10-11,14H,3-6H2,1-2H3. The van der Waals surface area contributed by atoms with E-state index in [2.05, 4.69) is 26.0 Å². The number of rotatable bonds is 6. The molecule has 0 N–H and O–H groups in total. The molecule has 1 rings (SSSR count). The molecule has 0 radical (unpaired) electrons. The predicted molar refractivity (Wildman–Crippen MR) is 70.7 cm³/mol. The first-order valence-electron chi connectivity index (χ1n) is 6.12. The largest absolute Gasteiger partial charge is 0.198 e. The lowest BCUT2D eigenvalue weighted by atomic mass is 9.81. The summed E-state index contributed by atoms with van der Waals surface area (Å²) in [6, 6.07) is 6.41. The van der Waals surface area contributed by atoms with E-state index in [-0.39, 0.29) is 0 Å². The van der Waals surface area contributed by atoms with Crippen molar-refractivity contribution in [2.75, 3.05) is 0 Å². The molecule has 0 aliphatic rings. The van der Waals surface area contributed by atoms with Crippen molar-refractivity contribution in [3.05, 3.63) is 21.9 Å². The molecule has 0 saturated carbocycles. The average molecular weight is 246 g/mol. The van der Waals surface area contributed by atoms with Crippen molar-refractivity contribution in [3.63, 3.8) is 0 Å². The highest BCUT2D eigenvalue weighted by Crippen LogP contribution is 2.35. The first-order valence-corrected chi connectivity index (χ1v) is 7.00. The Morgan fingerprint density at radius 3 is 2.59 bits per heavy atom. The summed E-state index contributed by atoms with van der Waals surface area (Å²) in [6.07, 6.45) is 3.95. The molecular formula is C14H18N2S. The van der Waals surface area contributed by atoms with Crippen LogP contribution in [0.1, 0.15) is 55.9 Å². The molecule has 0 aromatic carbocycles. The van der Waals surface area contributed by atoms with Crippen molar-refractivity contribution in [2.24, 2.45) is 5.92 Å². The Kier molecular flexibility index (Phi) is 5.73. The van der Waals surface area contributed by atoms with Crippen LogP contribution >= 0.6 is 11.3 Å². The van der Waals surface area contributed by atoms with E-state index in [0.717, 1.165) is 24.1 Å². The number of thiophene rings is 1. The van der Waals surface area contributed by atoms with E-state index in [1.807, 2.05) is 11.4 Å². The third-order valence-electron chi connectivity index (χ3n) is 3.22. The van der Waals surface area contributed by atoms with Crippen LogP contribution in [0.2, 0.25) is 0 Å². The van der Waals surface area contributed by atoms with Crippen LogP contribution in [0.25, 0.3) is 0 Å². The molecule has 2 nitrogen and oxygen atoms in total. The molecule has 2 atom stereocenters. The summed E-state index contributed by atoms with van der Waals surface area (Å²) in [4.78, 5) is 0.745. The minimum atomic E-state index is 0.295. The molecule has 0 fully saturated rings. The van der Waals surface area contributed by atoms with Gasteiger partial charge in [0.15, 0.2) is 0 Å². The second kappa shape index (κ2) is 7.09. The second-order valence-electron chi connectivity index (χ2n) is 4.28. The Morgan fingerprint density at radius 1 is 1.35 bits per heavy atom. The van der Waals surface area contributed by atoms with Crippen molar-refractivity contribution < 1.29 is 0 Å². The fraction of sp³-hybridized carbons (Fsp3) is 0.571. The lowest BCUT2D eigenvalue weighted by Gasteiger charge is -2.23. The van der Waals surface area contributed by atoms with Crippen molar-refractivity contribution in [3.8, 4) is 12.1 Å². The topological polar surface area (TPSA) is 47.6 Å². The van der Waals surface area contributed by atoms with Crippen LogP contribution in [0.15, 0.2) is 11.4 Å². The summed E-state index contributed by atoms with van der Waals surface area (Å²) >= 11 is 1.48.